The summed E-state index contributed by atoms with van der Waals surface area (Å²) in [4.78, 5) is 17.4. The summed E-state index contributed by atoms with van der Waals surface area (Å²) in [5.41, 5.74) is 2.05. The van der Waals surface area contributed by atoms with Gasteiger partial charge in [-0.05, 0) is 72.0 Å². The molecule has 0 aromatic heterocycles. The molecule has 158 valence electrons. The molecular formula is C24H18ClF2NO3. The Balaban J connectivity index is 1.60. The summed E-state index contributed by atoms with van der Waals surface area (Å²) >= 11 is 5.98. The average Bonchev–Trinajstić information content (AvgIpc) is 3.55. The van der Waals surface area contributed by atoms with Crippen LogP contribution in [0.15, 0.2) is 71.9 Å². The average molecular weight is 442 g/mol. The Morgan fingerprint density at radius 2 is 1.74 bits per heavy atom. The number of carbonyl (C=O) groups is 1. The fourth-order valence-electron chi connectivity index (χ4n) is 3.47. The molecule has 0 unspecified atom stereocenters. The van der Waals surface area contributed by atoms with E-state index in [-0.39, 0.29) is 17.4 Å². The molecule has 7 heteroatoms. The topological polar surface area (TPSA) is 47.9 Å². The van der Waals surface area contributed by atoms with Gasteiger partial charge in [-0.2, -0.15) is 0 Å². The normalized spacial score (nSPS) is 17.9. The fraction of sp³-hybridized carbons (Fsp3) is 0.167. The van der Waals surface area contributed by atoms with E-state index in [1.165, 1.54) is 0 Å². The van der Waals surface area contributed by atoms with Gasteiger partial charge in [0.05, 0.1) is 18.4 Å². The Hall–Kier alpha value is -3.25. The molecular weight excluding hydrogens is 424 g/mol. The van der Waals surface area contributed by atoms with Crippen molar-refractivity contribution in [2.45, 2.75) is 12.3 Å². The van der Waals surface area contributed by atoms with Gasteiger partial charge in [0.1, 0.15) is 17.4 Å². The van der Waals surface area contributed by atoms with Gasteiger partial charge in [-0.3, -0.25) is 0 Å². The summed E-state index contributed by atoms with van der Waals surface area (Å²) in [7, 11) is 1.57. The highest BCUT2D eigenvalue weighted by Crippen LogP contribution is 2.49. The van der Waals surface area contributed by atoms with Crippen molar-refractivity contribution in [3.8, 4) is 5.75 Å². The van der Waals surface area contributed by atoms with E-state index in [1.807, 2.05) is 36.4 Å². The highest BCUT2D eigenvalue weighted by molar-refractivity contribution is 6.30. The van der Waals surface area contributed by atoms with Crippen LogP contribution in [0.4, 0.5) is 8.78 Å². The molecule has 0 aliphatic heterocycles. The molecule has 0 bridgehead atoms. The maximum Gasteiger partial charge on any atom is 0.368 e. The van der Waals surface area contributed by atoms with Crippen molar-refractivity contribution in [2.75, 3.05) is 7.11 Å². The SMILES string of the molecule is COc1ccc(/C(=N/OC(=O)c2ccc(F)cc2F)[C@@H]2C[C@H]2c2ccc(Cl)cc2)cc1. The molecule has 3 aromatic rings. The van der Waals surface area contributed by atoms with Crippen molar-refractivity contribution in [1.82, 2.24) is 0 Å². The molecule has 0 amide bonds. The molecule has 4 rings (SSSR count). The van der Waals surface area contributed by atoms with E-state index in [0.717, 1.165) is 29.7 Å². The molecule has 1 aliphatic rings. The van der Waals surface area contributed by atoms with Crippen molar-refractivity contribution < 1.29 is 23.1 Å². The molecule has 4 nitrogen and oxygen atoms in total. The monoisotopic (exact) mass is 441 g/mol. The number of hydrogen-bond acceptors (Lipinski definition) is 4. The maximum atomic E-state index is 13.9. The predicted molar refractivity (Wildman–Crippen MR) is 114 cm³/mol. The largest absolute Gasteiger partial charge is 0.497 e. The molecule has 0 saturated heterocycles. The molecule has 3 aromatic carbocycles. The van der Waals surface area contributed by atoms with Gasteiger partial charge in [-0.15, -0.1) is 0 Å². The van der Waals surface area contributed by atoms with Gasteiger partial charge in [-0.1, -0.05) is 28.9 Å². The second kappa shape index (κ2) is 8.86. The summed E-state index contributed by atoms with van der Waals surface area (Å²) in [6, 6.07) is 17.4. The second-order valence-electron chi connectivity index (χ2n) is 7.21. The number of ether oxygens (including phenoxy) is 1. The summed E-state index contributed by atoms with van der Waals surface area (Å²) in [5, 5.41) is 4.74. The molecule has 0 heterocycles. The highest BCUT2D eigenvalue weighted by Gasteiger charge is 2.43. The third kappa shape index (κ3) is 4.75. The Bertz CT molecular complexity index is 1130. The van der Waals surface area contributed by atoms with Crippen molar-refractivity contribution in [3.63, 3.8) is 0 Å². The molecule has 1 fully saturated rings. The molecule has 1 saturated carbocycles. The third-order valence-corrected chi connectivity index (χ3v) is 5.46. The summed E-state index contributed by atoms with van der Waals surface area (Å²) in [6.07, 6.45) is 0.814. The number of rotatable bonds is 6. The minimum atomic E-state index is -1.00. The first-order chi connectivity index (χ1) is 15.0. The predicted octanol–water partition coefficient (Wildman–Crippen LogP) is 5.99. The van der Waals surface area contributed by atoms with E-state index in [0.29, 0.717) is 22.6 Å². The van der Waals surface area contributed by atoms with Crippen molar-refractivity contribution in [2.24, 2.45) is 11.1 Å². The Morgan fingerprint density at radius 1 is 1.03 bits per heavy atom. The Morgan fingerprint density at radius 3 is 2.39 bits per heavy atom. The first-order valence-corrected chi connectivity index (χ1v) is 9.98. The molecule has 0 radical (unpaired) electrons. The number of hydrogen-bond donors (Lipinski definition) is 0. The van der Waals surface area contributed by atoms with E-state index in [9.17, 15) is 13.6 Å². The van der Waals surface area contributed by atoms with Crippen LogP contribution in [0, 0.1) is 17.6 Å². The number of carbonyl (C=O) groups excluding carboxylic acids is 1. The minimum Gasteiger partial charge on any atom is -0.497 e. The van der Waals surface area contributed by atoms with Crippen LogP contribution in [0.5, 0.6) is 5.75 Å². The highest BCUT2D eigenvalue weighted by atomic mass is 35.5. The van der Waals surface area contributed by atoms with Crippen molar-refractivity contribution >= 4 is 23.3 Å². The zero-order chi connectivity index (χ0) is 22.0. The van der Waals surface area contributed by atoms with Gasteiger partial charge in [0.15, 0.2) is 0 Å². The van der Waals surface area contributed by atoms with Crippen molar-refractivity contribution in [1.29, 1.82) is 0 Å². The van der Waals surface area contributed by atoms with Gasteiger partial charge >= 0.3 is 5.97 Å². The zero-order valence-corrected chi connectivity index (χ0v) is 17.3. The second-order valence-corrected chi connectivity index (χ2v) is 7.64. The smallest absolute Gasteiger partial charge is 0.368 e. The number of benzene rings is 3. The van der Waals surface area contributed by atoms with E-state index in [1.54, 1.807) is 19.2 Å². The lowest BCUT2D eigenvalue weighted by Crippen LogP contribution is -2.10. The van der Waals surface area contributed by atoms with Gasteiger partial charge in [0.25, 0.3) is 0 Å². The lowest BCUT2D eigenvalue weighted by Gasteiger charge is -2.08. The van der Waals surface area contributed by atoms with Crippen LogP contribution in [-0.4, -0.2) is 18.8 Å². The van der Waals surface area contributed by atoms with Gasteiger partial charge in [0, 0.05) is 17.0 Å². The summed E-state index contributed by atoms with van der Waals surface area (Å²) < 4.78 is 32.2. The molecule has 31 heavy (non-hydrogen) atoms. The minimum absolute atomic E-state index is 0.0143. The molecule has 0 N–H and O–H groups in total. The number of halogens is 3. The molecule has 2 atom stereocenters. The first-order valence-electron chi connectivity index (χ1n) is 9.60. The quantitative estimate of drug-likeness (QED) is 0.268. The van der Waals surface area contributed by atoms with Crippen LogP contribution < -0.4 is 4.74 Å². The van der Waals surface area contributed by atoms with Crippen LogP contribution in [-0.2, 0) is 4.84 Å². The van der Waals surface area contributed by atoms with E-state index < -0.39 is 17.6 Å². The van der Waals surface area contributed by atoms with Crippen molar-refractivity contribution in [3.05, 3.63) is 100 Å². The maximum absolute atomic E-state index is 13.9. The van der Waals surface area contributed by atoms with Crippen LogP contribution >= 0.6 is 11.6 Å². The Labute approximate surface area is 183 Å². The zero-order valence-electron chi connectivity index (χ0n) is 16.5. The number of methoxy groups -OCH3 is 1. The van der Waals surface area contributed by atoms with Crippen LogP contribution in [0.3, 0.4) is 0 Å². The van der Waals surface area contributed by atoms with E-state index in [4.69, 9.17) is 21.2 Å². The Kier molecular flexibility index (Phi) is 6.00. The van der Waals surface area contributed by atoms with Crippen LogP contribution in [0.2, 0.25) is 5.02 Å². The number of oxime groups is 1. The fourth-order valence-corrected chi connectivity index (χ4v) is 3.59. The molecule has 1 aliphatic carbocycles. The summed E-state index contributed by atoms with van der Waals surface area (Å²) in [5.74, 6) is -1.89. The number of nitrogens with zero attached hydrogens (tertiary/aromatic N) is 1. The lowest BCUT2D eigenvalue weighted by molar-refractivity contribution is 0.0510. The summed E-state index contributed by atoms with van der Waals surface area (Å²) in [6.45, 7) is 0. The lowest BCUT2D eigenvalue weighted by atomic mass is 10.0. The van der Waals surface area contributed by atoms with Crippen LogP contribution in [0.1, 0.15) is 33.8 Å². The van der Waals surface area contributed by atoms with Gasteiger partial charge in [0.2, 0.25) is 0 Å². The first kappa shape index (κ1) is 21.0. The molecule has 0 spiro atoms. The van der Waals surface area contributed by atoms with E-state index in [2.05, 4.69) is 5.16 Å². The van der Waals surface area contributed by atoms with Gasteiger partial charge in [-0.25, -0.2) is 13.6 Å². The van der Waals surface area contributed by atoms with Crippen LogP contribution in [0.25, 0.3) is 0 Å². The van der Waals surface area contributed by atoms with E-state index >= 15 is 0 Å². The third-order valence-electron chi connectivity index (χ3n) is 5.20. The standard InChI is InChI=1S/C24H18ClF2NO3/c1-30-18-9-4-15(5-10-18)23(21-13-20(21)14-2-6-16(25)7-3-14)28-31-24(29)19-11-8-17(26)12-22(19)27/h2-12,20-21H,13H2,1H3/b28-23-/t20-,21+/m0/s1. The van der Waals surface area contributed by atoms with Gasteiger partial charge < -0.3 is 9.57 Å².